The Morgan fingerprint density at radius 3 is 2.33 bits per heavy atom. The summed E-state index contributed by atoms with van der Waals surface area (Å²) in [6.07, 6.45) is 0. The number of rotatable bonds is 7. The molecular formula is C21H17Cl2NO3. The van der Waals surface area contributed by atoms with E-state index in [1.54, 1.807) is 42.5 Å². The van der Waals surface area contributed by atoms with Gasteiger partial charge in [0, 0.05) is 5.69 Å². The third kappa shape index (κ3) is 5.64. The van der Waals surface area contributed by atoms with E-state index in [-0.39, 0.29) is 17.5 Å². The van der Waals surface area contributed by atoms with Crippen molar-refractivity contribution in [2.45, 2.75) is 6.61 Å². The molecule has 0 saturated carbocycles. The number of carbonyl (C=O) groups is 1. The number of amides is 1. The van der Waals surface area contributed by atoms with Crippen LogP contribution in [0.3, 0.4) is 0 Å². The van der Waals surface area contributed by atoms with E-state index < -0.39 is 0 Å². The summed E-state index contributed by atoms with van der Waals surface area (Å²) in [6.45, 7) is 0.313. The zero-order chi connectivity index (χ0) is 19.1. The van der Waals surface area contributed by atoms with Crippen molar-refractivity contribution in [2.75, 3.05) is 11.9 Å². The molecule has 0 radical (unpaired) electrons. The van der Waals surface area contributed by atoms with Crippen LogP contribution in [0.4, 0.5) is 5.69 Å². The summed E-state index contributed by atoms with van der Waals surface area (Å²) in [4.78, 5) is 12.0. The minimum atomic E-state index is -0.302. The van der Waals surface area contributed by atoms with E-state index in [1.165, 1.54) is 0 Å². The Labute approximate surface area is 167 Å². The maximum Gasteiger partial charge on any atom is 0.262 e. The smallest absolute Gasteiger partial charge is 0.262 e. The second kappa shape index (κ2) is 9.31. The highest BCUT2D eigenvalue weighted by Crippen LogP contribution is 2.31. The van der Waals surface area contributed by atoms with Crippen molar-refractivity contribution in [1.29, 1.82) is 0 Å². The van der Waals surface area contributed by atoms with Gasteiger partial charge in [0.15, 0.2) is 6.61 Å². The molecule has 0 aliphatic carbocycles. The predicted octanol–water partition coefficient (Wildman–Crippen LogP) is 5.59. The third-order valence-corrected chi connectivity index (χ3v) is 4.46. The van der Waals surface area contributed by atoms with Gasteiger partial charge in [0.25, 0.3) is 5.91 Å². The lowest BCUT2D eigenvalue weighted by Crippen LogP contribution is -2.20. The topological polar surface area (TPSA) is 47.6 Å². The number of halogens is 2. The van der Waals surface area contributed by atoms with Gasteiger partial charge in [0.2, 0.25) is 0 Å². The molecule has 0 fully saturated rings. The molecule has 0 aromatic heterocycles. The Morgan fingerprint density at radius 1 is 0.852 bits per heavy atom. The van der Waals surface area contributed by atoms with E-state index in [0.29, 0.717) is 23.1 Å². The van der Waals surface area contributed by atoms with Gasteiger partial charge in [-0.3, -0.25) is 4.79 Å². The molecule has 1 amide bonds. The number of hydrogen-bond acceptors (Lipinski definition) is 3. The minimum Gasteiger partial charge on any atom is -0.489 e. The third-order valence-electron chi connectivity index (χ3n) is 3.66. The first-order chi connectivity index (χ1) is 13.1. The van der Waals surface area contributed by atoms with Crippen molar-refractivity contribution < 1.29 is 14.3 Å². The van der Waals surface area contributed by atoms with Gasteiger partial charge >= 0.3 is 0 Å². The molecule has 4 nitrogen and oxygen atoms in total. The fourth-order valence-electron chi connectivity index (χ4n) is 2.31. The molecule has 0 spiro atoms. The summed E-state index contributed by atoms with van der Waals surface area (Å²) in [6, 6.07) is 22.0. The van der Waals surface area contributed by atoms with Crippen LogP contribution < -0.4 is 14.8 Å². The van der Waals surface area contributed by atoms with Crippen LogP contribution in [-0.4, -0.2) is 12.5 Å². The molecule has 6 heteroatoms. The Bertz CT molecular complexity index is 899. The molecule has 0 saturated heterocycles. The minimum absolute atomic E-state index is 0.174. The summed E-state index contributed by atoms with van der Waals surface area (Å²) in [5.74, 6) is 0.784. The van der Waals surface area contributed by atoms with E-state index in [2.05, 4.69) is 5.32 Å². The molecule has 3 rings (SSSR count). The fourth-order valence-corrected chi connectivity index (χ4v) is 2.66. The van der Waals surface area contributed by atoms with E-state index in [1.807, 2.05) is 30.3 Å². The summed E-state index contributed by atoms with van der Waals surface area (Å²) in [5, 5.41) is 3.41. The van der Waals surface area contributed by atoms with Crippen LogP contribution in [0, 0.1) is 0 Å². The van der Waals surface area contributed by atoms with Gasteiger partial charge in [-0.2, -0.15) is 0 Å². The van der Waals surface area contributed by atoms with Gasteiger partial charge in [-0.1, -0.05) is 59.6 Å². The van der Waals surface area contributed by atoms with Crippen molar-refractivity contribution in [3.8, 4) is 11.5 Å². The fraction of sp³-hybridized carbons (Fsp3) is 0.0952. The van der Waals surface area contributed by atoms with Crippen LogP contribution in [0.15, 0.2) is 72.8 Å². The van der Waals surface area contributed by atoms with Crippen LogP contribution in [0.5, 0.6) is 11.5 Å². The highest BCUT2D eigenvalue weighted by Gasteiger charge is 2.08. The number of nitrogens with one attached hydrogen (secondary N) is 1. The van der Waals surface area contributed by atoms with Gasteiger partial charge < -0.3 is 14.8 Å². The molecular weight excluding hydrogens is 385 g/mol. The van der Waals surface area contributed by atoms with Crippen LogP contribution in [0.25, 0.3) is 0 Å². The molecule has 1 N–H and O–H groups in total. The van der Waals surface area contributed by atoms with Gasteiger partial charge in [0.1, 0.15) is 23.1 Å². The first kappa shape index (κ1) is 19.1. The Balaban J connectivity index is 1.49. The second-order valence-corrected chi connectivity index (χ2v) is 6.47. The van der Waals surface area contributed by atoms with Crippen molar-refractivity contribution in [3.05, 3.63) is 88.4 Å². The molecule has 0 heterocycles. The molecule has 0 bridgehead atoms. The monoisotopic (exact) mass is 401 g/mol. The highest BCUT2D eigenvalue weighted by atomic mass is 35.5. The second-order valence-electron chi connectivity index (χ2n) is 5.69. The lowest BCUT2D eigenvalue weighted by Gasteiger charge is -2.10. The first-order valence-electron chi connectivity index (χ1n) is 8.25. The molecule has 0 unspecified atom stereocenters. The quantitative estimate of drug-likeness (QED) is 0.561. The molecule has 0 aliphatic heterocycles. The number of carbonyl (C=O) groups excluding carboxylic acids is 1. The van der Waals surface area contributed by atoms with Gasteiger partial charge in [-0.05, 0) is 42.0 Å². The maximum atomic E-state index is 12.0. The van der Waals surface area contributed by atoms with Crippen molar-refractivity contribution >= 4 is 34.8 Å². The van der Waals surface area contributed by atoms with E-state index in [0.717, 1.165) is 11.3 Å². The molecule has 3 aromatic carbocycles. The largest absolute Gasteiger partial charge is 0.489 e. The predicted molar refractivity (Wildman–Crippen MR) is 108 cm³/mol. The number of ether oxygens (including phenoxy) is 2. The molecule has 0 aliphatic rings. The van der Waals surface area contributed by atoms with E-state index in [4.69, 9.17) is 32.7 Å². The molecule has 138 valence electrons. The SMILES string of the molecule is O=C(COc1cccc(Cl)c1Cl)Nc1ccc(OCc2ccccc2)cc1. The summed E-state index contributed by atoms with van der Waals surface area (Å²) in [5.41, 5.74) is 1.74. The van der Waals surface area contributed by atoms with Crippen molar-refractivity contribution in [3.63, 3.8) is 0 Å². The lowest BCUT2D eigenvalue weighted by molar-refractivity contribution is -0.118. The maximum absolute atomic E-state index is 12.0. The van der Waals surface area contributed by atoms with Crippen molar-refractivity contribution in [1.82, 2.24) is 0 Å². The van der Waals surface area contributed by atoms with Gasteiger partial charge in [-0.25, -0.2) is 0 Å². The summed E-state index contributed by atoms with van der Waals surface area (Å²) >= 11 is 11.9. The summed E-state index contributed by atoms with van der Waals surface area (Å²) < 4.78 is 11.1. The molecule has 0 atom stereocenters. The van der Waals surface area contributed by atoms with Gasteiger partial charge in [-0.15, -0.1) is 0 Å². The lowest BCUT2D eigenvalue weighted by atomic mass is 10.2. The Hall–Kier alpha value is -2.69. The normalized spacial score (nSPS) is 10.3. The van der Waals surface area contributed by atoms with E-state index >= 15 is 0 Å². The number of benzene rings is 3. The molecule has 27 heavy (non-hydrogen) atoms. The average Bonchev–Trinajstić information content (AvgIpc) is 2.69. The van der Waals surface area contributed by atoms with Gasteiger partial charge in [0.05, 0.1) is 5.02 Å². The Kier molecular flexibility index (Phi) is 6.58. The standard InChI is InChI=1S/C21H17Cl2NO3/c22-18-7-4-8-19(21(18)23)27-14-20(25)24-16-9-11-17(12-10-16)26-13-15-5-2-1-3-6-15/h1-12H,13-14H2,(H,24,25). The van der Waals surface area contributed by atoms with Crippen LogP contribution in [0.2, 0.25) is 10.0 Å². The molecule has 3 aromatic rings. The summed E-state index contributed by atoms with van der Waals surface area (Å²) in [7, 11) is 0. The zero-order valence-corrected chi connectivity index (χ0v) is 15.8. The van der Waals surface area contributed by atoms with Crippen LogP contribution in [-0.2, 0) is 11.4 Å². The van der Waals surface area contributed by atoms with Crippen molar-refractivity contribution in [2.24, 2.45) is 0 Å². The zero-order valence-electron chi connectivity index (χ0n) is 14.3. The highest BCUT2D eigenvalue weighted by molar-refractivity contribution is 6.42. The number of anilines is 1. The van der Waals surface area contributed by atoms with E-state index in [9.17, 15) is 4.79 Å². The average molecular weight is 402 g/mol. The number of hydrogen-bond donors (Lipinski definition) is 1. The first-order valence-corrected chi connectivity index (χ1v) is 9.01. The van der Waals surface area contributed by atoms with Crippen LogP contribution in [0.1, 0.15) is 5.56 Å². The Morgan fingerprint density at radius 2 is 1.59 bits per heavy atom. The van der Waals surface area contributed by atoms with Crippen LogP contribution >= 0.6 is 23.2 Å².